The summed E-state index contributed by atoms with van der Waals surface area (Å²) in [5, 5.41) is 3.30. The van der Waals surface area contributed by atoms with E-state index >= 15 is 0 Å². The zero-order valence-corrected chi connectivity index (χ0v) is 11.8. The highest BCUT2D eigenvalue weighted by Gasteiger charge is 2.07. The van der Waals surface area contributed by atoms with Gasteiger partial charge in [-0.2, -0.15) is 0 Å². The van der Waals surface area contributed by atoms with E-state index in [-0.39, 0.29) is 5.82 Å². The maximum atomic E-state index is 13.5. The molecule has 0 unspecified atom stereocenters. The Morgan fingerprint density at radius 2 is 2.15 bits per heavy atom. The lowest BCUT2D eigenvalue weighted by Gasteiger charge is -2.11. The number of pyridine rings is 1. The van der Waals surface area contributed by atoms with Crippen molar-refractivity contribution < 1.29 is 9.13 Å². The zero-order valence-electron chi connectivity index (χ0n) is 11.8. The number of aryl methyl sites for hydroxylation is 1. The van der Waals surface area contributed by atoms with Gasteiger partial charge in [0.05, 0.1) is 0 Å². The SMILES string of the molecule is CCCNCc1cccnc1Oc1ccc(C)c(F)c1. The van der Waals surface area contributed by atoms with Crippen molar-refractivity contribution in [1.82, 2.24) is 10.3 Å². The first-order chi connectivity index (χ1) is 9.70. The number of aromatic nitrogens is 1. The largest absolute Gasteiger partial charge is 0.439 e. The number of hydrogen-bond acceptors (Lipinski definition) is 3. The van der Waals surface area contributed by atoms with Crippen molar-refractivity contribution in [2.45, 2.75) is 26.8 Å². The third-order valence-corrected chi connectivity index (χ3v) is 2.95. The standard InChI is InChI=1S/C16H19FN2O/c1-3-8-18-11-13-5-4-9-19-16(13)20-14-7-6-12(2)15(17)10-14/h4-7,9-10,18H,3,8,11H2,1-2H3. The van der Waals surface area contributed by atoms with Crippen LogP contribution in [0.4, 0.5) is 4.39 Å². The molecule has 1 N–H and O–H groups in total. The summed E-state index contributed by atoms with van der Waals surface area (Å²) in [5.41, 5.74) is 1.56. The minimum atomic E-state index is -0.274. The lowest BCUT2D eigenvalue weighted by molar-refractivity contribution is 0.448. The summed E-state index contributed by atoms with van der Waals surface area (Å²) in [7, 11) is 0. The molecule has 1 aromatic carbocycles. The van der Waals surface area contributed by atoms with Crippen LogP contribution >= 0.6 is 0 Å². The molecular weight excluding hydrogens is 255 g/mol. The normalized spacial score (nSPS) is 10.6. The van der Waals surface area contributed by atoms with E-state index in [2.05, 4.69) is 17.2 Å². The molecule has 2 rings (SSSR count). The van der Waals surface area contributed by atoms with E-state index in [4.69, 9.17) is 4.74 Å². The van der Waals surface area contributed by atoms with Crippen LogP contribution in [0.5, 0.6) is 11.6 Å². The van der Waals surface area contributed by atoms with Crippen molar-refractivity contribution in [2.24, 2.45) is 0 Å². The van der Waals surface area contributed by atoms with E-state index in [0.717, 1.165) is 18.5 Å². The molecule has 3 nitrogen and oxygen atoms in total. The maximum Gasteiger partial charge on any atom is 0.223 e. The van der Waals surface area contributed by atoms with Gasteiger partial charge >= 0.3 is 0 Å². The van der Waals surface area contributed by atoms with Crippen LogP contribution in [0.2, 0.25) is 0 Å². The summed E-state index contributed by atoms with van der Waals surface area (Å²) in [6, 6.07) is 8.65. The molecule has 0 fully saturated rings. The topological polar surface area (TPSA) is 34.2 Å². The number of nitrogens with one attached hydrogen (secondary N) is 1. The van der Waals surface area contributed by atoms with Crippen LogP contribution in [-0.2, 0) is 6.54 Å². The van der Waals surface area contributed by atoms with Crippen LogP contribution in [0.3, 0.4) is 0 Å². The fraction of sp³-hybridized carbons (Fsp3) is 0.312. The number of ether oxygens (including phenoxy) is 1. The van der Waals surface area contributed by atoms with Gasteiger partial charge in [-0.25, -0.2) is 9.37 Å². The van der Waals surface area contributed by atoms with Crippen LogP contribution in [0.25, 0.3) is 0 Å². The van der Waals surface area contributed by atoms with Crippen molar-refractivity contribution in [3.05, 3.63) is 53.5 Å². The second-order valence-electron chi connectivity index (χ2n) is 4.66. The van der Waals surface area contributed by atoms with Gasteiger partial charge in [0, 0.05) is 24.4 Å². The van der Waals surface area contributed by atoms with Gasteiger partial charge in [0.1, 0.15) is 11.6 Å². The first kappa shape index (κ1) is 14.5. The van der Waals surface area contributed by atoms with Gasteiger partial charge in [-0.1, -0.05) is 19.1 Å². The lowest BCUT2D eigenvalue weighted by Crippen LogP contribution is -2.14. The Morgan fingerprint density at radius 3 is 2.90 bits per heavy atom. The zero-order chi connectivity index (χ0) is 14.4. The van der Waals surface area contributed by atoms with E-state index in [1.54, 1.807) is 25.3 Å². The molecule has 1 aromatic heterocycles. The first-order valence-electron chi connectivity index (χ1n) is 6.79. The van der Waals surface area contributed by atoms with Crippen LogP contribution in [0.15, 0.2) is 36.5 Å². The van der Waals surface area contributed by atoms with Crippen molar-refractivity contribution in [3.8, 4) is 11.6 Å². The summed E-state index contributed by atoms with van der Waals surface area (Å²) in [6.45, 7) is 5.46. The number of nitrogens with zero attached hydrogens (tertiary/aromatic N) is 1. The van der Waals surface area contributed by atoms with E-state index < -0.39 is 0 Å². The molecule has 0 saturated heterocycles. The highest BCUT2D eigenvalue weighted by molar-refractivity contribution is 5.34. The van der Waals surface area contributed by atoms with Gasteiger partial charge in [-0.15, -0.1) is 0 Å². The molecule has 4 heteroatoms. The van der Waals surface area contributed by atoms with Gasteiger partial charge in [-0.05, 0) is 37.6 Å². The fourth-order valence-corrected chi connectivity index (χ4v) is 1.80. The minimum Gasteiger partial charge on any atom is -0.439 e. The Bertz CT molecular complexity index is 572. The number of hydrogen-bond donors (Lipinski definition) is 1. The lowest BCUT2D eigenvalue weighted by atomic mass is 10.2. The van der Waals surface area contributed by atoms with Crippen molar-refractivity contribution in [1.29, 1.82) is 0 Å². The quantitative estimate of drug-likeness (QED) is 0.813. The summed E-state index contributed by atoms with van der Waals surface area (Å²) >= 11 is 0. The molecule has 106 valence electrons. The van der Waals surface area contributed by atoms with Gasteiger partial charge in [0.15, 0.2) is 0 Å². The number of halogens is 1. The van der Waals surface area contributed by atoms with Crippen molar-refractivity contribution in [3.63, 3.8) is 0 Å². The first-order valence-corrected chi connectivity index (χ1v) is 6.79. The van der Waals surface area contributed by atoms with Gasteiger partial charge in [0.25, 0.3) is 0 Å². The Morgan fingerprint density at radius 1 is 1.30 bits per heavy atom. The monoisotopic (exact) mass is 274 g/mol. The third-order valence-electron chi connectivity index (χ3n) is 2.95. The number of benzene rings is 1. The second kappa shape index (κ2) is 7.01. The predicted octanol–water partition coefficient (Wildman–Crippen LogP) is 3.82. The van der Waals surface area contributed by atoms with E-state index in [9.17, 15) is 4.39 Å². The molecule has 0 amide bonds. The van der Waals surface area contributed by atoms with E-state index in [0.29, 0.717) is 23.7 Å². The summed E-state index contributed by atoms with van der Waals surface area (Å²) in [5.74, 6) is 0.701. The van der Waals surface area contributed by atoms with Crippen LogP contribution in [-0.4, -0.2) is 11.5 Å². The maximum absolute atomic E-state index is 13.5. The fourth-order valence-electron chi connectivity index (χ4n) is 1.80. The second-order valence-corrected chi connectivity index (χ2v) is 4.66. The Kier molecular flexibility index (Phi) is 5.07. The summed E-state index contributed by atoms with van der Waals surface area (Å²) in [6.07, 6.45) is 2.74. The van der Waals surface area contributed by atoms with Crippen molar-refractivity contribution in [2.75, 3.05) is 6.54 Å². The average Bonchev–Trinajstić information content (AvgIpc) is 2.45. The minimum absolute atomic E-state index is 0.274. The van der Waals surface area contributed by atoms with Crippen LogP contribution in [0.1, 0.15) is 24.5 Å². The van der Waals surface area contributed by atoms with Gasteiger partial charge in [0.2, 0.25) is 5.88 Å². The Labute approximate surface area is 118 Å². The molecule has 0 aliphatic carbocycles. The molecule has 0 atom stereocenters. The highest BCUT2D eigenvalue weighted by atomic mass is 19.1. The van der Waals surface area contributed by atoms with Crippen LogP contribution < -0.4 is 10.1 Å². The summed E-state index contributed by atoms with van der Waals surface area (Å²) in [4.78, 5) is 4.22. The molecular formula is C16H19FN2O. The average molecular weight is 274 g/mol. The summed E-state index contributed by atoms with van der Waals surface area (Å²) < 4.78 is 19.2. The molecule has 2 aromatic rings. The van der Waals surface area contributed by atoms with E-state index in [1.807, 2.05) is 12.1 Å². The predicted molar refractivity (Wildman–Crippen MR) is 77.4 cm³/mol. The van der Waals surface area contributed by atoms with Crippen LogP contribution in [0, 0.1) is 12.7 Å². The van der Waals surface area contributed by atoms with E-state index in [1.165, 1.54) is 6.07 Å². The molecule has 0 radical (unpaired) electrons. The van der Waals surface area contributed by atoms with Crippen molar-refractivity contribution >= 4 is 0 Å². The molecule has 0 aliphatic heterocycles. The molecule has 0 saturated carbocycles. The third kappa shape index (κ3) is 3.78. The molecule has 0 spiro atoms. The molecule has 0 bridgehead atoms. The Hall–Kier alpha value is -1.94. The smallest absolute Gasteiger partial charge is 0.223 e. The highest BCUT2D eigenvalue weighted by Crippen LogP contribution is 2.24. The number of rotatable bonds is 6. The van der Waals surface area contributed by atoms with Gasteiger partial charge in [-0.3, -0.25) is 0 Å². The molecule has 0 aliphatic rings. The van der Waals surface area contributed by atoms with Gasteiger partial charge < -0.3 is 10.1 Å². The Balaban J connectivity index is 2.13. The molecule has 1 heterocycles. The molecule has 20 heavy (non-hydrogen) atoms.